The second-order valence-corrected chi connectivity index (χ2v) is 7.87. The number of carbonyl (C=O) groups excluding carboxylic acids is 1. The predicted octanol–water partition coefficient (Wildman–Crippen LogP) is 5.37. The molecule has 0 aliphatic carbocycles. The van der Waals surface area contributed by atoms with Gasteiger partial charge in [-0.05, 0) is 67.4 Å². The number of hydrogen-bond donors (Lipinski definition) is 1. The van der Waals surface area contributed by atoms with E-state index in [1.807, 2.05) is 62.4 Å². The molecule has 0 saturated heterocycles. The van der Waals surface area contributed by atoms with Gasteiger partial charge in [-0.25, -0.2) is 4.98 Å². The SMILES string of the molecule is COc1ccc(-c2ccc(C#N)c(SCCC(=O)Nc3cccc(C)c3C)n2)cc1. The van der Waals surface area contributed by atoms with E-state index in [1.165, 1.54) is 11.8 Å². The summed E-state index contributed by atoms with van der Waals surface area (Å²) < 4.78 is 5.19. The van der Waals surface area contributed by atoms with E-state index in [1.54, 1.807) is 13.2 Å². The molecule has 1 heterocycles. The molecule has 152 valence electrons. The summed E-state index contributed by atoms with van der Waals surface area (Å²) in [4.78, 5) is 17.0. The molecule has 5 nitrogen and oxygen atoms in total. The second kappa shape index (κ2) is 9.95. The fraction of sp³-hybridized carbons (Fsp3) is 0.208. The lowest BCUT2D eigenvalue weighted by Gasteiger charge is -2.10. The molecule has 0 unspecified atom stereocenters. The summed E-state index contributed by atoms with van der Waals surface area (Å²) in [5.41, 5.74) is 5.27. The Labute approximate surface area is 181 Å². The molecule has 0 fully saturated rings. The summed E-state index contributed by atoms with van der Waals surface area (Å²) in [5.74, 6) is 1.25. The summed E-state index contributed by atoms with van der Waals surface area (Å²) in [6.07, 6.45) is 0.331. The minimum absolute atomic E-state index is 0.0546. The first kappa shape index (κ1) is 21.4. The Morgan fingerprint density at radius 3 is 2.60 bits per heavy atom. The molecule has 0 saturated carbocycles. The van der Waals surface area contributed by atoms with E-state index >= 15 is 0 Å². The van der Waals surface area contributed by atoms with Crippen molar-refractivity contribution in [1.82, 2.24) is 4.98 Å². The number of nitrogens with zero attached hydrogens (tertiary/aromatic N) is 2. The van der Waals surface area contributed by atoms with Gasteiger partial charge >= 0.3 is 0 Å². The number of benzene rings is 2. The van der Waals surface area contributed by atoms with Crippen molar-refractivity contribution < 1.29 is 9.53 Å². The van der Waals surface area contributed by atoms with Crippen molar-refractivity contribution in [3.8, 4) is 23.1 Å². The monoisotopic (exact) mass is 417 g/mol. The van der Waals surface area contributed by atoms with E-state index in [2.05, 4.69) is 16.4 Å². The third-order valence-corrected chi connectivity index (χ3v) is 5.81. The maximum absolute atomic E-state index is 12.3. The van der Waals surface area contributed by atoms with Crippen LogP contribution in [-0.4, -0.2) is 23.8 Å². The number of aryl methyl sites for hydroxylation is 1. The molecule has 0 atom stereocenters. The quantitative estimate of drug-likeness (QED) is 0.523. The Balaban J connectivity index is 1.66. The van der Waals surface area contributed by atoms with Crippen LogP contribution in [-0.2, 0) is 4.79 Å². The number of anilines is 1. The van der Waals surface area contributed by atoms with Crippen LogP contribution < -0.4 is 10.1 Å². The molecule has 1 aromatic heterocycles. The molecule has 2 aromatic carbocycles. The van der Waals surface area contributed by atoms with Gasteiger partial charge in [0.15, 0.2) is 0 Å². The van der Waals surface area contributed by atoms with Gasteiger partial charge in [-0.15, -0.1) is 11.8 Å². The van der Waals surface area contributed by atoms with Gasteiger partial charge in [0.1, 0.15) is 16.8 Å². The van der Waals surface area contributed by atoms with Crippen molar-refractivity contribution in [2.24, 2.45) is 0 Å². The molecule has 1 amide bonds. The fourth-order valence-corrected chi connectivity index (χ4v) is 3.81. The van der Waals surface area contributed by atoms with Gasteiger partial charge in [0.2, 0.25) is 5.91 Å². The number of rotatable bonds is 7. The highest BCUT2D eigenvalue weighted by molar-refractivity contribution is 7.99. The Bertz CT molecular complexity index is 1090. The average Bonchev–Trinajstić information content (AvgIpc) is 2.77. The first-order valence-electron chi connectivity index (χ1n) is 9.56. The summed E-state index contributed by atoms with van der Waals surface area (Å²) in [5, 5.41) is 13.0. The van der Waals surface area contributed by atoms with E-state index < -0.39 is 0 Å². The summed E-state index contributed by atoms with van der Waals surface area (Å²) in [7, 11) is 1.63. The van der Waals surface area contributed by atoms with Crippen LogP contribution in [0, 0.1) is 25.2 Å². The lowest BCUT2D eigenvalue weighted by atomic mass is 10.1. The zero-order valence-electron chi connectivity index (χ0n) is 17.2. The van der Waals surface area contributed by atoms with Gasteiger partial charge in [0.25, 0.3) is 0 Å². The zero-order valence-corrected chi connectivity index (χ0v) is 18.0. The Kier molecular flexibility index (Phi) is 7.10. The number of thioether (sulfide) groups is 1. The Hall–Kier alpha value is -3.30. The van der Waals surface area contributed by atoms with Crippen molar-refractivity contribution in [1.29, 1.82) is 5.26 Å². The van der Waals surface area contributed by atoms with Crippen molar-refractivity contribution in [3.05, 3.63) is 71.3 Å². The lowest BCUT2D eigenvalue weighted by Crippen LogP contribution is -2.13. The third-order valence-electron chi connectivity index (χ3n) is 4.81. The molecule has 3 aromatic rings. The number of hydrogen-bond acceptors (Lipinski definition) is 5. The van der Waals surface area contributed by atoms with E-state index in [4.69, 9.17) is 4.74 Å². The molecule has 0 radical (unpaired) electrons. The van der Waals surface area contributed by atoms with Gasteiger partial charge in [0, 0.05) is 23.4 Å². The minimum Gasteiger partial charge on any atom is -0.497 e. The van der Waals surface area contributed by atoms with Gasteiger partial charge < -0.3 is 10.1 Å². The lowest BCUT2D eigenvalue weighted by molar-refractivity contribution is -0.115. The van der Waals surface area contributed by atoms with E-state index in [0.717, 1.165) is 33.8 Å². The van der Waals surface area contributed by atoms with E-state index in [0.29, 0.717) is 22.8 Å². The second-order valence-electron chi connectivity index (χ2n) is 6.78. The highest BCUT2D eigenvalue weighted by Gasteiger charge is 2.11. The van der Waals surface area contributed by atoms with Gasteiger partial charge in [-0.1, -0.05) is 12.1 Å². The summed E-state index contributed by atoms with van der Waals surface area (Å²) in [6, 6.07) is 19.2. The number of carbonyl (C=O) groups is 1. The van der Waals surface area contributed by atoms with Gasteiger partial charge in [-0.3, -0.25) is 4.79 Å². The van der Waals surface area contributed by atoms with Crippen LogP contribution in [0.2, 0.25) is 0 Å². The highest BCUT2D eigenvalue weighted by Crippen LogP contribution is 2.27. The fourth-order valence-electron chi connectivity index (χ4n) is 2.90. The number of ether oxygens (including phenoxy) is 1. The molecular formula is C24H23N3O2S. The maximum Gasteiger partial charge on any atom is 0.225 e. The van der Waals surface area contributed by atoms with Crippen molar-refractivity contribution in [2.45, 2.75) is 25.3 Å². The van der Waals surface area contributed by atoms with Crippen LogP contribution in [0.5, 0.6) is 5.75 Å². The average molecular weight is 418 g/mol. The third kappa shape index (κ3) is 5.19. The van der Waals surface area contributed by atoms with Crippen molar-refractivity contribution >= 4 is 23.4 Å². The van der Waals surface area contributed by atoms with Crippen LogP contribution in [0.3, 0.4) is 0 Å². The largest absolute Gasteiger partial charge is 0.497 e. The first-order valence-corrected chi connectivity index (χ1v) is 10.5. The smallest absolute Gasteiger partial charge is 0.225 e. The van der Waals surface area contributed by atoms with E-state index in [-0.39, 0.29) is 5.91 Å². The molecule has 0 aliphatic rings. The van der Waals surface area contributed by atoms with Crippen molar-refractivity contribution in [3.63, 3.8) is 0 Å². The first-order chi connectivity index (χ1) is 14.5. The Morgan fingerprint density at radius 1 is 1.13 bits per heavy atom. The van der Waals surface area contributed by atoms with Gasteiger partial charge in [0.05, 0.1) is 18.4 Å². The summed E-state index contributed by atoms with van der Waals surface area (Å²) >= 11 is 1.42. The summed E-state index contributed by atoms with van der Waals surface area (Å²) in [6.45, 7) is 4.01. The van der Waals surface area contributed by atoms with Crippen LogP contribution in [0.1, 0.15) is 23.1 Å². The molecule has 6 heteroatoms. The predicted molar refractivity (Wildman–Crippen MR) is 121 cm³/mol. The minimum atomic E-state index is -0.0546. The van der Waals surface area contributed by atoms with Crippen LogP contribution in [0.4, 0.5) is 5.69 Å². The molecule has 0 spiro atoms. The number of methoxy groups -OCH3 is 1. The number of pyridine rings is 1. The molecule has 0 aliphatic heterocycles. The molecule has 1 N–H and O–H groups in total. The van der Waals surface area contributed by atoms with Crippen LogP contribution in [0.15, 0.2) is 59.6 Å². The standard InChI is InChI=1S/C24H23N3O2S/c1-16-5-4-6-21(17(16)2)26-23(28)13-14-30-24-19(15-25)9-12-22(27-24)18-7-10-20(29-3)11-8-18/h4-12H,13-14H2,1-3H3,(H,26,28). The Morgan fingerprint density at radius 2 is 1.90 bits per heavy atom. The molecular weight excluding hydrogens is 394 g/mol. The number of nitrogens with one attached hydrogen (secondary N) is 1. The van der Waals surface area contributed by atoms with Crippen LogP contribution in [0.25, 0.3) is 11.3 Å². The van der Waals surface area contributed by atoms with Gasteiger partial charge in [-0.2, -0.15) is 5.26 Å². The number of aromatic nitrogens is 1. The van der Waals surface area contributed by atoms with Crippen LogP contribution >= 0.6 is 11.8 Å². The van der Waals surface area contributed by atoms with E-state index in [9.17, 15) is 10.1 Å². The zero-order chi connectivity index (χ0) is 21.5. The normalized spacial score (nSPS) is 10.3. The topological polar surface area (TPSA) is 75.0 Å². The number of amides is 1. The molecule has 0 bridgehead atoms. The molecule has 30 heavy (non-hydrogen) atoms. The molecule has 3 rings (SSSR count). The van der Waals surface area contributed by atoms with Crippen molar-refractivity contribution in [2.75, 3.05) is 18.2 Å². The number of nitriles is 1. The maximum atomic E-state index is 12.3. The highest BCUT2D eigenvalue weighted by atomic mass is 32.2.